The molecule has 0 aliphatic rings. The number of benzene rings is 2. The second-order valence-electron chi connectivity index (χ2n) is 4.93. The molecule has 0 amide bonds. The summed E-state index contributed by atoms with van der Waals surface area (Å²) in [6.07, 6.45) is 0. The second kappa shape index (κ2) is 6.28. The molecule has 0 bridgehead atoms. The first-order chi connectivity index (χ1) is 11.1. The predicted molar refractivity (Wildman–Crippen MR) is 85.6 cm³/mol. The van der Waals surface area contributed by atoms with Crippen LogP contribution in [0.5, 0.6) is 6.01 Å². The summed E-state index contributed by atoms with van der Waals surface area (Å²) in [7, 11) is 0. The van der Waals surface area contributed by atoms with Crippen LogP contribution in [-0.2, 0) is 11.4 Å². The number of hydrogen-bond donors (Lipinski definition) is 3. The van der Waals surface area contributed by atoms with Crippen LogP contribution in [0.15, 0.2) is 36.4 Å². The van der Waals surface area contributed by atoms with Gasteiger partial charge < -0.3 is 19.9 Å². The van der Waals surface area contributed by atoms with Gasteiger partial charge in [0.2, 0.25) is 0 Å². The number of H-pyrrole nitrogens is 1. The molecule has 23 heavy (non-hydrogen) atoms. The number of aliphatic hydroxyl groups is 1. The van der Waals surface area contributed by atoms with Gasteiger partial charge in [0.25, 0.3) is 6.01 Å². The Balaban J connectivity index is 1.97. The first kappa shape index (κ1) is 15.3. The number of carboxylic acids is 1. The van der Waals surface area contributed by atoms with Crippen LogP contribution in [0.1, 0.15) is 5.56 Å². The quantitative estimate of drug-likeness (QED) is 0.667. The fraction of sp³-hybridized carbons (Fsp3) is 0.125. The SMILES string of the molecule is O=C(O)COc1nc2cc(-c3ccc(CO)cc3)c(Cl)cc2[nH]1. The van der Waals surface area contributed by atoms with Crippen molar-refractivity contribution in [3.05, 3.63) is 47.0 Å². The lowest BCUT2D eigenvalue weighted by Gasteiger charge is -2.05. The monoisotopic (exact) mass is 332 g/mol. The molecule has 0 saturated carbocycles. The van der Waals surface area contributed by atoms with E-state index >= 15 is 0 Å². The number of rotatable bonds is 5. The Bertz CT molecular complexity index is 858. The molecular formula is C16H13ClN2O4. The summed E-state index contributed by atoms with van der Waals surface area (Å²) in [5, 5.41) is 18.2. The number of aromatic amines is 1. The van der Waals surface area contributed by atoms with E-state index in [9.17, 15) is 4.79 Å². The van der Waals surface area contributed by atoms with Crippen molar-refractivity contribution in [1.29, 1.82) is 0 Å². The molecule has 0 aliphatic heterocycles. The zero-order valence-electron chi connectivity index (χ0n) is 11.9. The molecule has 0 radical (unpaired) electrons. The van der Waals surface area contributed by atoms with Crippen LogP contribution >= 0.6 is 11.6 Å². The van der Waals surface area contributed by atoms with Gasteiger partial charge in [-0.3, -0.25) is 0 Å². The number of imidazole rings is 1. The Kier molecular flexibility index (Phi) is 4.18. The van der Waals surface area contributed by atoms with Gasteiger partial charge in [-0.15, -0.1) is 0 Å². The number of aliphatic hydroxyl groups excluding tert-OH is 1. The van der Waals surface area contributed by atoms with E-state index in [0.717, 1.165) is 16.7 Å². The van der Waals surface area contributed by atoms with Gasteiger partial charge in [0.1, 0.15) is 0 Å². The summed E-state index contributed by atoms with van der Waals surface area (Å²) >= 11 is 6.32. The number of aromatic nitrogens is 2. The van der Waals surface area contributed by atoms with E-state index < -0.39 is 12.6 Å². The van der Waals surface area contributed by atoms with Crippen LogP contribution in [0.3, 0.4) is 0 Å². The lowest BCUT2D eigenvalue weighted by molar-refractivity contribution is -0.139. The molecule has 0 fully saturated rings. The molecule has 0 aliphatic carbocycles. The number of halogens is 1. The van der Waals surface area contributed by atoms with E-state index in [1.165, 1.54) is 0 Å². The van der Waals surface area contributed by atoms with E-state index in [1.807, 2.05) is 24.3 Å². The minimum absolute atomic E-state index is 0.0172. The van der Waals surface area contributed by atoms with Crippen LogP contribution in [0.2, 0.25) is 5.02 Å². The molecule has 3 rings (SSSR count). The molecule has 118 valence electrons. The van der Waals surface area contributed by atoms with Crippen molar-refractivity contribution in [2.45, 2.75) is 6.61 Å². The molecule has 3 N–H and O–H groups in total. The zero-order chi connectivity index (χ0) is 16.4. The molecule has 6 nitrogen and oxygen atoms in total. The molecule has 0 unspecified atom stereocenters. The van der Waals surface area contributed by atoms with Crippen molar-refractivity contribution in [3.8, 4) is 17.1 Å². The fourth-order valence-corrected chi connectivity index (χ4v) is 2.49. The van der Waals surface area contributed by atoms with Crippen molar-refractivity contribution < 1.29 is 19.7 Å². The van der Waals surface area contributed by atoms with Gasteiger partial charge in [0, 0.05) is 5.56 Å². The summed E-state index contributed by atoms with van der Waals surface area (Å²) in [5.41, 5.74) is 3.78. The summed E-state index contributed by atoms with van der Waals surface area (Å²) in [6, 6.07) is 11.0. The highest BCUT2D eigenvalue weighted by molar-refractivity contribution is 6.34. The van der Waals surface area contributed by atoms with Crippen molar-refractivity contribution in [1.82, 2.24) is 9.97 Å². The summed E-state index contributed by atoms with van der Waals surface area (Å²) in [4.78, 5) is 17.6. The van der Waals surface area contributed by atoms with Crippen LogP contribution in [0.4, 0.5) is 0 Å². The normalized spacial score (nSPS) is 10.9. The number of carbonyl (C=O) groups is 1. The molecule has 2 aromatic carbocycles. The molecule has 0 spiro atoms. The molecule has 1 heterocycles. The maximum Gasteiger partial charge on any atom is 0.341 e. The minimum atomic E-state index is -1.08. The van der Waals surface area contributed by atoms with E-state index in [-0.39, 0.29) is 12.6 Å². The van der Waals surface area contributed by atoms with Gasteiger partial charge in [-0.25, -0.2) is 4.79 Å². The largest absolute Gasteiger partial charge is 0.479 e. The van der Waals surface area contributed by atoms with Gasteiger partial charge in [0.05, 0.1) is 22.7 Å². The summed E-state index contributed by atoms with van der Waals surface area (Å²) in [5.74, 6) is -1.08. The number of nitrogens with one attached hydrogen (secondary N) is 1. The second-order valence-corrected chi connectivity index (χ2v) is 5.34. The van der Waals surface area contributed by atoms with E-state index in [4.69, 9.17) is 26.6 Å². The highest BCUT2D eigenvalue weighted by atomic mass is 35.5. The maximum absolute atomic E-state index is 10.5. The Labute approximate surface area is 136 Å². The number of aliphatic carboxylic acids is 1. The molecule has 0 saturated heterocycles. The number of hydrogen-bond acceptors (Lipinski definition) is 4. The van der Waals surface area contributed by atoms with Crippen molar-refractivity contribution >= 4 is 28.6 Å². The number of fused-ring (bicyclic) bond motifs is 1. The highest BCUT2D eigenvalue weighted by Crippen LogP contribution is 2.32. The van der Waals surface area contributed by atoms with Crippen molar-refractivity contribution in [3.63, 3.8) is 0 Å². The van der Waals surface area contributed by atoms with E-state index in [1.54, 1.807) is 12.1 Å². The average molecular weight is 333 g/mol. The molecule has 3 aromatic rings. The average Bonchev–Trinajstić information content (AvgIpc) is 2.94. The number of ether oxygens (including phenoxy) is 1. The Morgan fingerprint density at radius 2 is 2.00 bits per heavy atom. The summed E-state index contributed by atoms with van der Waals surface area (Å²) < 4.78 is 5.03. The predicted octanol–water partition coefficient (Wildman–Crippen LogP) is 2.84. The van der Waals surface area contributed by atoms with Gasteiger partial charge in [-0.1, -0.05) is 35.9 Å². The smallest absolute Gasteiger partial charge is 0.341 e. The third-order valence-electron chi connectivity index (χ3n) is 3.33. The molecular weight excluding hydrogens is 320 g/mol. The Morgan fingerprint density at radius 3 is 2.65 bits per heavy atom. The van der Waals surface area contributed by atoms with Crippen molar-refractivity contribution in [2.24, 2.45) is 0 Å². The van der Waals surface area contributed by atoms with Crippen LogP contribution in [-0.4, -0.2) is 32.8 Å². The fourth-order valence-electron chi connectivity index (χ4n) is 2.22. The lowest BCUT2D eigenvalue weighted by Crippen LogP contribution is -2.09. The van der Waals surface area contributed by atoms with Gasteiger partial charge in [0.15, 0.2) is 6.61 Å². The first-order valence-electron chi connectivity index (χ1n) is 6.81. The Morgan fingerprint density at radius 1 is 1.26 bits per heavy atom. The molecule has 7 heteroatoms. The van der Waals surface area contributed by atoms with Crippen LogP contribution in [0, 0.1) is 0 Å². The van der Waals surface area contributed by atoms with Crippen LogP contribution < -0.4 is 4.74 Å². The topological polar surface area (TPSA) is 95.4 Å². The first-order valence-corrected chi connectivity index (χ1v) is 7.18. The highest BCUT2D eigenvalue weighted by Gasteiger charge is 2.11. The van der Waals surface area contributed by atoms with Gasteiger partial charge in [-0.05, 0) is 23.3 Å². The van der Waals surface area contributed by atoms with E-state index in [0.29, 0.717) is 16.1 Å². The third kappa shape index (κ3) is 3.28. The molecule has 0 atom stereocenters. The maximum atomic E-state index is 10.5. The lowest BCUT2D eigenvalue weighted by atomic mass is 10.0. The van der Waals surface area contributed by atoms with Gasteiger partial charge in [-0.2, -0.15) is 4.98 Å². The summed E-state index contributed by atoms with van der Waals surface area (Å²) in [6.45, 7) is -0.486. The minimum Gasteiger partial charge on any atom is -0.479 e. The number of carboxylic acid groups (broad SMARTS) is 1. The third-order valence-corrected chi connectivity index (χ3v) is 3.64. The van der Waals surface area contributed by atoms with Crippen molar-refractivity contribution in [2.75, 3.05) is 6.61 Å². The van der Waals surface area contributed by atoms with E-state index in [2.05, 4.69) is 9.97 Å². The number of nitrogens with zero attached hydrogens (tertiary/aromatic N) is 1. The Hall–Kier alpha value is -2.57. The van der Waals surface area contributed by atoms with Crippen LogP contribution in [0.25, 0.3) is 22.2 Å². The van der Waals surface area contributed by atoms with Gasteiger partial charge >= 0.3 is 5.97 Å². The standard InChI is InChI=1S/C16H13ClN2O4/c17-12-6-14-13(18-16(19-14)23-8-15(21)22)5-11(12)10-3-1-9(7-20)2-4-10/h1-6,20H,7-8H2,(H,18,19)(H,21,22). The molecule has 1 aromatic heterocycles. The zero-order valence-corrected chi connectivity index (χ0v) is 12.7.